The van der Waals surface area contributed by atoms with E-state index in [4.69, 9.17) is 17.3 Å². The van der Waals surface area contributed by atoms with E-state index in [-0.39, 0.29) is 6.20 Å². The molecule has 0 saturated carbocycles. The summed E-state index contributed by atoms with van der Waals surface area (Å²) in [7, 11) is 0. The summed E-state index contributed by atoms with van der Waals surface area (Å²) in [5.74, 6) is -3.63. The van der Waals surface area contributed by atoms with Crippen molar-refractivity contribution in [1.29, 1.82) is 0 Å². The van der Waals surface area contributed by atoms with E-state index >= 15 is 0 Å². The van der Waals surface area contributed by atoms with Gasteiger partial charge in [-0.3, -0.25) is 14.6 Å². The van der Waals surface area contributed by atoms with Gasteiger partial charge in [-0.25, -0.2) is 0 Å². The molecular formula is C17H11ClF6N2O3. The third kappa shape index (κ3) is 4.06. The first kappa shape index (κ1) is 22.6. The van der Waals surface area contributed by atoms with Crippen LogP contribution in [0.1, 0.15) is 27.2 Å². The number of Topliss-reactive ketones (excluding diaryl/α,β-unsaturated/α-hetero) is 1. The topological polar surface area (TPSA) is 93.3 Å². The molecule has 0 aliphatic rings. The molecule has 12 heteroatoms. The number of rotatable bonds is 5. The van der Waals surface area contributed by atoms with E-state index < -0.39 is 63.5 Å². The highest BCUT2D eigenvalue weighted by molar-refractivity contribution is 6.32. The number of aliphatic carboxylic acids is 1. The van der Waals surface area contributed by atoms with Crippen molar-refractivity contribution in [1.82, 2.24) is 4.98 Å². The number of aromatic nitrogens is 1. The summed E-state index contributed by atoms with van der Waals surface area (Å²) in [5, 5.41) is 8.77. The van der Waals surface area contributed by atoms with Crippen molar-refractivity contribution in [2.24, 2.45) is 5.73 Å². The van der Waals surface area contributed by atoms with Crippen LogP contribution in [0.5, 0.6) is 0 Å². The van der Waals surface area contributed by atoms with Gasteiger partial charge in [-0.1, -0.05) is 29.8 Å². The van der Waals surface area contributed by atoms with Crippen molar-refractivity contribution >= 4 is 23.4 Å². The van der Waals surface area contributed by atoms with E-state index in [9.17, 15) is 41.0 Å². The van der Waals surface area contributed by atoms with Gasteiger partial charge in [0.25, 0.3) is 0 Å². The fourth-order valence-corrected chi connectivity index (χ4v) is 2.98. The Morgan fingerprint density at radius 3 is 2.10 bits per heavy atom. The van der Waals surface area contributed by atoms with E-state index in [0.29, 0.717) is 12.1 Å². The molecule has 2 rings (SSSR count). The number of benzene rings is 1. The Kier molecular flexibility index (Phi) is 5.96. The van der Waals surface area contributed by atoms with Crippen molar-refractivity contribution < 1.29 is 41.0 Å². The Balaban J connectivity index is 2.77. The zero-order chi connectivity index (χ0) is 22.2. The van der Waals surface area contributed by atoms with Crippen molar-refractivity contribution in [2.45, 2.75) is 17.8 Å². The number of ketones is 1. The van der Waals surface area contributed by atoms with Gasteiger partial charge in [0.2, 0.25) is 0 Å². The molecule has 0 radical (unpaired) electrons. The lowest BCUT2D eigenvalue weighted by atomic mass is 9.75. The van der Waals surface area contributed by atoms with Crippen LogP contribution in [-0.2, 0) is 22.6 Å². The first-order valence-electron chi connectivity index (χ1n) is 7.64. The number of carboxylic acid groups (broad SMARTS) is 1. The minimum Gasteiger partial charge on any atom is -0.480 e. The number of carbonyl (C=O) groups is 2. The molecule has 0 fully saturated rings. The van der Waals surface area contributed by atoms with Crippen LogP contribution in [0.4, 0.5) is 26.3 Å². The first-order chi connectivity index (χ1) is 13.3. The number of nitrogens with zero attached hydrogens (tertiary/aromatic N) is 1. The first-order valence-corrected chi connectivity index (χ1v) is 8.02. The maximum absolute atomic E-state index is 13.3. The second-order valence-corrected chi connectivity index (χ2v) is 6.25. The van der Waals surface area contributed by atoms with E-state index in [1.165, 1.54) is 0 Å². The predicted molar refractivity (Wildman–Crippen MR) is 88.4 cm³/mol. The normalized spacial score (nSPS) is 14.3. The van der Waals surface area contributed by atoms with E-state index in [1.54, 1.807) is 0 Å². The van der Waals surface area contributed by atoms with Crippen LogP contribution < -0.4 is 5.73 Å². The van der Waals surface area contributed by atoms with Gasteiger partial charge in [0.15, 0.2) is 11.2 Å². The molecular weight excluding hydrogens is 430 g/mol. The van der Waals surface area contributed by atoms with Crippen LogP contribution in [0, 0.1) is 0 Å². The second-order valence-electron chi connectivity index (χ2n) is 5.84. The van der Waals surface area contributed by atoms with Crippen LogP contribution in [0.3, 0.4) is 0 Å². The monoisotopic (exact) mass is 440 g/mol. The summed E-state index contributed by atoms with van der Waals surface area (Å²) in [4.78, 5) is 28.3. The SMILES string of the molecule is NCC(C(=O)O)(C(=O)c1ccccc1C(F)(F)F)c1ncc(C(F)(F)F)cc1Cl. The Morgan fingerprint density at radius 1 is 1.07 bits per heavy atom. The standard InChI is InChI=1S/C17H11ClF6N2O3/c18-11-5-8(16(19,20)21)6-26-12(11)15(7-25,14(28)29)13(27)9-3-1-2-4-10(9)17(22,23)24/h1-6H,7,25H2,(H,28,29). The molecule has 0 amide bonds. The molecule has 1 heterocycles. The number of hydrogen-bond acceptors (Lipinski definition) is 4. The Morgan fingerprint density at radius 2 is 1.66 bits per heavy atom. The van der Waals surface area contributed by atoms with Crippen LogP contribution in [0.2, 0.25) is 5.02 Å². The van der Waals surface area contributed by atoms with Crippen LogP contribution in [0.15, 0.2) is 36.5 Å². The lowest BCUT2D eigenvalue weighted by Gasteiger charge is -2.28. The number of alkyl halides is 6. The molecule has 1 aromatic carbocycles. The Bertz CT molecular complexity index is 961. The van der Waals surface area contributed by atoms with E-state index in [1.807, 2.05) is 0 Å². The maximum Gasteiger partial charge on any atom is 0.417 e. The number of carboxylic acids is 1. The molecule has 29 heavy (non-hydrogen) atoms. The highest BCUT2D eigenvalue weighted by Gasteiger charge is 2.52. The number of nitrogens with two attached hydrogens (primary N) is 1. The Labute approximate surface area is 164 Å². The van der Waals surface area contributed by atoms with Crippen LogP contribution in [-0.4, -0.2) is 28.4 Å². The smallest absolute Gasteiger partial charge is 0.417 e. The summed E-state index contributed by atoms with van der Waals surface area (Å²) in [5.41, 5.74) is -2.23. The van der Waals surface area contributed by atoms with Crippen LogP contribution >= 0.6 is 11.6 Å². The molecule has 1 aromatic heterocycles. The predicted octanol–water partition coefficient (Wildman–Crippen LogP) is 3.94. The highest BCUT2D eigenvalue weighted by Crippen LogP contribution is 2.39. The maximum atomic E-state index is 13.3. The molecule has 0 saturated heterocycles. The summed E-state index contributed by atoms with van der Waals surface area (Å²) >= 11 is 5.75. The van der Waals surface area contributed by atoms with Gasteiger partial charge >= 0.3 is 18.3 Å². The molecule has 5 nitrogen and oxygen atoms in total. The molecule has 0 aliphatic heterocycles. The Hall–Kier alpha value is -2.66. The van der Waals surface area contributed by atoms with Crippen molar-refractivity contribution in [3.8, 4) is 0 Å². The molecule has 1 unspecified atom stereocenters. The van der Waals surface area contributed by atoms with Crippen molar-refractivity contribution in [3.05, 3.63) is 63.9 Å². The van der Waals surface area contributed by atoms with Gasteiger partial charge in [0.1, 0.15) is 0 Å². The second kappa shape index (κ2) is 7.64. The van der Waals surface area contributed by atoms with Gasteiger partial charge < -0.3 is 10.8 Å². The largest absolute Gasteiger partial charge is 0.480 e. The summed E-state index contributed by atoms with van der Waals surface area (Å²) in [6.45, 7) is -1.11. The van der Waals surface area contributed by atoms with Gasteiger partial charge in [0, 0.05) is 18.3 Å². The number of carbonyl (C=O) groups excluding carboxylic acids is 1. The minimum atomic E-state index is -5.01. The average Bonchev–Trinajstić information content (AvgIpc) is 2.61. The zero-order valence-electron chi connectivity index (χ0n) is 14.1. The zero-order valence-corrected chi connectivity index (χ0v) is 14.9. The molecule has 2 aromatic rings. The van der Waals surface area contributed by atoms with Crippen molar-refractivity contribution in [3.63, 3.8) is 0 Å². The lowest BCUT2D eigenvalue weighted by Crippen LogP contribution is -2.51. The van der Waals surface area contributed by atoms with Gasteiger partial charge in [-0.15, -0.1) is 0 Å². The van der Waals surface area contributed by atoms with Crippen LogP contribution in [0.25, 0.3) is 0 Å². The highest BCUT2D eigenvalue weighted by atomic mass is 35.5. The quantitative estimate of drug-likeness (QED) is 0.417. The molecule has 0 aliphatic carbocycles. The molecule has 0 spiro atoms. The third-order valence-electron chi connectivity index (χ3n) is 4.11. The fraction of sp³-hybridized carbons (Fsp3) is 0.235. The van der Waals surface area contributed by atoms with E-state index in [0.717, 1.165) is 18.2 Å². The van der Waals surface area contributed by atoms with Gasteiger partial charge in [-0.05, 0) is 12.1 Å². The minimum absolute atomic E-state index is 0.220. The summed E-state index contributed by atoms with van der Waals surface area (Å²) in [6, 6.07) is 3.65. The average molecular weight is 441 g/mol. The number of hydrogen-bond donors (Lipinski definition) is 2. The number of halogens is 7. The summed E-state index contributed by atoms with van der Waals surface area (Å²) in [6.07, 6.45) is -9.67. The van der Waals surface area contributed by atoms with Gasteiger partial charge in [0.05, 0.1) is 21.8 Å². The van der Waals surface area contributed by atoms with Crippen molar-refractivity contribution in [2.75, 3.05) is 6.54 Å². The molecule has 1 atom stereocenters. The number of pyridine rings is 1. The lowest BCUT2D eigenvalue weighted by molar-refractivity contribution is -0.142. The molecule has 156 valence electrons. The molecule has 0 bridgehead atoms. The molecule has 3 N–H and O–H groups in total. The van der Waals surface area contributed by atoms with E-state index in [2.05, 4.69) is 4.98 Å². The third-order valence-corrected chi connectivity index (χ3v) is 4.40. The van der Waals surface area contributed by atoms with Gasteiger partial charge in [-0.2, -0.15) is 26.3 Å². The fourth-order valence-electron chi connectivity index (χ4n) is 2.65. The summed E-state index contributed by atoms with van der Waals surface area (Å²) < 4.78 is 78.2.